The molecule has 0 amide bonds. The van der Waals surface area contributed by atoms with Gasteiger partial charge in [-0.2, -0.15) is 0 Å². The zero-order chi connectivity index (χ0) is 14.8. The molecule has 1 heterocycles. The van der Waals surface area contributed by atoms with Crippen molar-refractivity contribution in [3.63, 3.8) is 0 Å². The number of hydrogen-bond acceptors (Lipinski definition) is 3. The van der Waals surface area contributed by atoms with Crippen LogP contribution in [0.2, 0.25) is 0 Å². The number of fused-ring (bicyclic) bond motifs is 1. The first-order valence-corrected chi connectivity index (χ1v) is 7.02. The van der Waals surface area contributed by atoms with Crippen LogP contribution in [0.15, 0.2) is 47.1 Å². The molecular weight excluding hydrogens is 340 g/mol. The highest BCUT2D eigenvalue weighted by atomic mass is 79.9. The lowest BCUT2D eigenvalue weighted by atomic mass is 10.2. The molecule has 0 aliphatic carbocycles. The number of aromatic nitrogens is 2. The first kappa shape index (κ1) is 13.9. The Balaban J connectivity index is 1.81. The molecule has 0 spiro atoms. The predicted octanol–water partition coefficient (Wildman–Crippen LogP) is 4.28. The number of rotatable bonds is 3. The van der Waals surface area contributed by atoms with Crippen LogP contribution in [-0.4, -0.2) is 9.97 Å². The van der Waals surface area contributed by atoms with Gasteiger partial charge < -0.3 is 5.32 Å². The standard InChI is InChI=1S/C15H10BrF2N3/c16-10-5-12(18)15(6-11(10)17)20-8-9-7-19-13-3-1-2-4-14(13)21-9/h1-7,20H,8H2. The van der Waals surface area contributed by atoms with Crippen LogP contribution in [0.1, 0.15) is 5.69 Å². The van der Waals surface area contributed by atoms with E-state index < -0.39 is 11.6 Å². The maximum absolute atomic E-state index is 13.7. The Kier molecular flexibility index (Phi) is 3.79. The van der Waals surface area contributed by atoms with Crippen molar-refractivity contribution in [3.05, 3.63) is 64.4 Å². The van der Waals surface area contributed by atoms with Gasteiger partial charge in [0.1, 0.15) is 11.6 Å². The fraction of sp³-hybridized carbons (Fsp3) is 0.0667. The van der Waals surface area contributed by atoms with E-state index in [1.807, 2.05) is 24.3 Å². The number of nitrogens with one attached hydrogen (secondary N) is 1. The van der Waals surface area contributed by atoms with Crippen LogP contribution < -0.4 is 5.32 Å². The van der Waals surface area contributed by atoms with Gasteiger partial charge in [-0.15, -0.1) is 0 Å². The van der Waals surface area contributed by atoms with Gasteiger partial charge in [-0.3, -0.25) is 4.98 Å². The molecule has 0 unspecified atom stereocenters. The maximum Gasteiger partial charge on any atom is 0.147 e. The van der Waals surface area contributed by atoms with Crippen molar-refractivity contribution in [2.45, 2.75) is 6.54 Å². The molecule has 0 atom stereocenters. The summed E-state index contributed by atoms with van der Waals surface area (Å²) in [6.07, 6.45) is 1.61. The lowest BCUT2D eigenvalue weighted by molar-refractivity contribution is 0.596. The van der Waals surface area contributed by atoms with E-state index in [0.29, 0.717) is 5.69 Å². The van der Waals surface area contributed by atoms with E-state index in [9.17, 15) is 8.78 Å². The molecule has 21 heavy (non-hydrogen) atoms. The predicted molar refractivity (Wildman–Crippen MR) is 80.9 cm³/mol. The Morgan fingerprint density at radius 1 is 1.05 bits per heavy atom. The van der Waals surface area contributed by atoms with Crippen molar-refractivity contribution < 1.29 is 8.78 Å². The summed E-state index contributed by atoms with van der Waals surface area (Å²) in [6.45, 7) is 0.260. The van der Waals surface area contributed by atoms with Gasteiger partial charge in [-0.25, -0.2) is 13.8 Å². The van der Waals surface area contributed by atoms with Gasteiger partial charge in [0, 0.05) is 6.07 Å². The van der Waals surface area contributed by atoms with E-state index in [-0.39, 0.29) is 16.7 Å². The Labute approximate surface area is 128 Å². The van der Waals surface area contributed by atoms with Crippen molar-refractivity contribution in [2.75, 3.05) is 5.32 Å². The Morgan fingerprint density at radius 2 is 1.81 bits per heavy atom. The summed E-state index contributed by atoms with van der Waals surface area (Å²) >= 11 is 2.94. The average Bonchev–Trinajstić information content (AvgIpc) is 2.49. The van der Waals surface area contributed by atoms with Gasteiger partial charge >= 0.3 is 0 Å². The Bertz CT molecular complexity index is 808. The minimum atomic E-state index is -0.531. The summed E-state index contributed by atoms with van der Waals surface area (Å²) in [4.78, 5) is 8.68. The fourth-order valence-corrected chi connectivity index (χ4v) is 2.24. The molecule has 0 fully saturated rings. The molecule has 6 heteroatoms. The first-order chi connectivity index (χ1) is 10.1. The molecule has 0 radical (unpaired) electrons. The minimum Gasteiger partial charge on any atom is -0.377 e. The summed E-state index contributed by atoms with van der Waals surface area (Å²) < 4.78 is 27.2. The monoisotopic (exact) mass is 349 g/mol. The molecule has 0 aliphatic heterocycles. The van der Waals surface area contributed by atoms with Crippen LogP contribution in [0.4, 0.5) is 14.5 Å². The van der Waals surface area contributed by atoms with Crippen molar-refractivity contribution in [1.82, 2.24) is 9.97 Å². The molecule has 3 aromatic rings. The van der Waals surface area contributed by atoms with E-state index in [2.05, 4.69) is 31.2 Å². The zero-order valence-electron chi connectivity index (χ0n) is 10.8. The molecule has 3 rings (SSSR count). The molecule has 0 saturated carbocycles. The average molecular weight is 350 g/mol. The highest BCUT2D eigenvalue weighted by Crippen LogP contribution is 2.23. The largest absolute Gasteiger partial charge is 0.377 e. The van der Waals surface area contributed by atoms with Gasteiger partial charge in [-0.1, -0.05) is 12.1 Å². The van der Waals surface area contributed by atoms with E-state index >= 15 is 0 Å². The smallest absolute Gasteiger partial charge is 0.147 e. The van der Waals surface area contributed by atoms with Crippen LogP contribution in [0, 0.1) is 11.6 Å². The summed E-state index contributed by atoms with van der Waals surface area (Å²) in [5.41, 5.74) is 2.29. The highest BCUT2D eigenvalue weighted by molar-refractivity contribution is 9.10. The van der Waals surface area contributed by atoms with Gasteiger partial charge in [0.05, 0.1) is 39.6 Å². The van der Waals surface area contributed by atoms with E-state index in [0.717, 1.165) is 23.2 Å². The second-order valence-corrected chi connectivity index (χ2v) is 5.30. The van der Waals surface area contributed by atoms with Crippen LogP contribution in [0.25, 0.3) is 11.0 Å². The summed E-state index contributed by atoms with van der Waals surface area (Å²) in [7, 11) is 0. The molecule has 106 valence electrons. The topological polar surface area (TPSA) is 37.8 Å². The summed E-state index contributed by atoms with van der Waals surface area (Å²) in [5, 5.41) is 2.82. The SMILES string of the molecule is Fc1cc(NCc2cnc3ccccc3n2)c(F)cc1Br. The van der Waals surface area contributed by atoms with Gasteiger partial charge in [-0.05, 0) is 34.1 Å². The van der Waals surface area contributed by atoms with Gasteiger partial charge in [0.25, 0.3) is 0 Å². The normalized spacial score (nSPS) is 10.8. The van der Waals surface area contributed by atoms with Gasteiger partial charge in [0.2, 0.25) is 0 Å². The molecule has 1 N–H and O–H groups in total. The van der Waals surface area contributed by atoms with Crippen LogP contribution in [0.3, 0.4) is 0 Å². The van der Waals surface area contributed by atoms with Gasteiger partial charge in [0.15, 0.2) is 0 Å². The Morgan fingerprint density at radius 3 is 2.62 bits per heavy atom. The third kappa shape index (κ3) is 3.00. The third-order valence-corrected chi connectivity index (χ3v) is 3.58. The zero-order valence-corrected chi connectivity index (χ0v) is 12.4. The Hall–Kier alpha value is -2.08. The minimum absolute atomic E-state index is 0.0886. The van der Waals surface area contributed by atoms with E-state index in [1.165, 1.54) is 0 Å². The fourth-order valence-electron chi connectivity index (χ4n) is 1.92. The van der Waals surface area contributed by atoms with Crippen molar-refractivity contribution in [2.24, 2.45) is 0 Å². The number of para-hydroxylation sites is 2. The molecule has 2 aromatic carbocycles. The lowest BCUT2D eigenvalue weighted by Crippen LogP contribution is -2.04. The molecule has 0 bridgehead atoms. The number of halogens is 3. The van der Waals surface area contributed by atoms with Crippen LogP contribution in [0.5, 0.6) is 0 Å². The quantitative estimate of drug-likeness (QED) is 0.717. The number of nitrogens with zero attached hydrogens (tertiary/aromatic N) is 2. The van der Waals surface area contributed by atoms with E-state index in [1.54, 1.807) is 6.20 Å². The van der Waals surface area contributed by atoms with Crippen molar-refractivity contribution in [1.29, 1.82) is 0 Å². The molecule has 0 aliphatic rings. The van der Waals surface area contributed by atoms with E-state index in [4.69, 9.17) is 0 Å². The van der Waals surface area contributed by atoms with Crippen LogP contribution in [-0.2, 0) is 6.54 Å². The molecule has 0 saturated heterocycles. The number of benzene rings is 2. The summed E-state index contributed by atoms with van der Waals surface area (Å²) in [6, 6.07) is 9.67. The second-order valence-electron chi connectivity index (χ2n) is 4.45. The van der Waals surface area contributed by atoms with Crippen molar-refractivity contribution >= 4 is 32.7 Å². The highest BCUT2D eigenvalue weighted by Gasteiger charge is 2.08. The van der Waals surface area contributed by atoms with Crippen LogP contribution >= 0.6 is 15.9 Å². The summed E-state index contributed by atoms with van der Waals surface area (Å²) in [5.74, 6) is -1.06. The second kappa shape index (κ2) is 5.73. The first-order valence-electron chi connectivity index (χ1n) is 6.22. The molecular formula is C15H10BrF2N3. The number of hydrogen-bond donors (Lipinski definition) is 1. The lowest BCUT2D eigenvalue weighted by Gasteiger charge is -2.08. The third-order valence-electron chi connectivity index (χ3n) is 2.97. The van der Waals surface area contributed by atoms with Crippen molar-refractivity contribution in [3.8, 4) is 0 Å². The molecule has 3 nitrogen and oxygen atoms in total. The number of anilines is 1. The molecule has 1 aromatic heterocycles. The maximum atomic E-state index is 13.7.